The van der Waals surface area contributed by atoms with E-state index in [0.717, 1.165) is 6.54 Å². The molecule has 0 aromatic carbocycles. The van der Waals surface area contributed by atoms with Crippen LogP contribution in [0.15, 0.2) is 0 Å². The van der Waals surface area contributed by atoms with Gasteiger partial charge in [-0.15, -0.1) is 6.42 Å². The van der Waals surface area contributed by atoms with Gasteiger partial charge in [0.05, 0.1) is 13.0 Å². The first-order valence-corrected chi connectivity index (χ1v) is 4.97. The molecule has 0 aromatic heterocycles. The maximum absolute atomic E-state index is 11.5. The summed E-state index contributed by atoms with van der Waals surface area (Å²) in [5.41, 5.74) is 0. The smallest absolute Gasteiger partial charge is 0.174 e. The molecule has 0 saturated carbocycles. The molecule has 1 fully saturated rings. The topological polar surface area (TPSA) is 29.5 Å². The van der Waals surface area contributed by atoms with Gasteiger partial charge >= 0.3 is 0 Å². The molecule has 1 atom stereocenters. The van der Waals surface area contributed by atoms with Crippen molar-refractivity contribution in [2.75, 3.05) is 19.7 Å². The number of hydrogen-bond acceptors (Lipinski definition) is 3. The Morgan fingerprint density at radius 1 is 1.71 bits per heavy atom. The zero-order valence-corrected chi connectivity index (χ0v) is 8.82. The highest BCUT2D eigenvalue weighted by Crippen LogP contribution is 2.10. The minimum atomic E-state index is -0.317. The molecular weight excluding hydrogens is 178 g/mol. The van der Waals surface area contributed by atoms with Gasteiger partial charge in [-0.2, -0.15) is 0 Å². The molecule has 0 N–H and O–H groups in total. The summed E-state index contributed by atoms with van der Waals surface area (Å²) in [5.74, 6) is 2.39. The quantitative estimate of drug-likeness (QED) is 0.620. The van der Waals surface area contributed by atoms with Crippen LogP contribution < -0.4 is 0 Å². The molecule has 1 aliphatic rings. The van der Waals surface area contributed by atoms with Gasteiger partial charge in [0.15, 0.2) is 5.78 Å². The summed E-state index contributed by atoms with van der Waals surface area (Å²) in [4.78, 5) is 13.7. The number of terminal acetylenes is 1. The van der Waals surface area contributed by atoms with Crippen LogP contribution in [0.1, 0.15) is 20.3 Å². The Kier molecular flexibility index (Phi) is 4.12. The van der Waals surface area contributed by atoms with Crippen LogP contribution in [-0.4, -0.2) is 42.5 Å². The van der Waals surface area contributed by atoms with Gasteiger partial charge in [0.2, 0.25) is 0 Å². The summed E-state index contributed by atoms with van der Waals surface area (Å²) >= 11 is 0. The fourth-order valence-corrected chi connectivity index (χ4v) is 1.55. The Balaban J connectivity index is 2.48. The maximum atomic E-state index is 11.5. The van der Waals surface area contributed by atoms with Crippen molar-refractivity contribution in [3.63, 3.8) is 0 Å². The van der Waals surface area contributed by atoms with Crippen LogP contribution in [0, 0.1) is 12.3 Å². The van der Waals surface area contributed by atoms with Crippen molar-refractivity contribution in [1.82, 2.24) is 4.90 Å². The number of Topliss-reactive ketones (excluding diaryl/α,β-unsaturated/α-hetero) is 1. The van der Waals surface area contributed by atoms with Gasteiger partial charge in [-0.05, 0) is 13.8 Å². The van der Waals surface area contributed by atoms with Crippen molar-refractivity contribution in [3.05, 3.63) is 0 Å². The summed E-state index contributed by atoms with van der Waals surface area (Å²) in [6.45, 7) is 6.44. The summed E-state index contributed by atoms with van der Waals surface area (Å²) in [6, 6.07) is 0.458. The molecule has 1 unspecified atom stereocenters. The van der Waals surface area contributed by atoms with E-state index in [4.69, 9.17) is 11.2 Å². The number of nitrogens with zero attached hydrogens (tertiary/aromatic N) is 1. The molecule has 0 radical (unpaired) electrons. The second-order valence-corrected chi connectivity index (χ2v) is 3.80. The van der Waals surface area contributed by atoms with Crippen LogP contribution in [0.25, 0.3) is 0 Å². The molecule has 0 bridgehead atoms. The van der Waals surface area contributed by atoms with E-state index >= 15 is 0 Å². The van der Waals surface area contributed by atoms with Gasteiger partial charge in [0, 0.05) is 19.1 Å². The number of rotatable bonds is 3. The van der Waals surface area contributed by atoms with E-state index in [9.17, 15) is 4.79 Å². The zero-order chi connectivity index (χ0) is 10.6. The number of ketones is 1. The van der Waals surface area contributed by atoms with E-state index in [1.165, 1.54) is 0 Å². The molecular formula is C11H17NO2. The molecule has 3 heteroatoms. The second kappa shape index (κ2) is 5.14. The van der Waals surface area contributed by atoms with Gasteiger partial charge in [0.1, 0.15) is 6.10 Å². The predicted octanol–water partition coefficient (Wildman–Crippen LogP) is 0.688. The Morgan fingerprint density at radius 2 is 2.43 bits per heavy atom. The van der Waals surface area contributed by atoms with E-state index in [1.54, 1.807) is 0 Å². The van der Waals surface area contributed by atoms with Crippen molar-refractivity contribution in [3.8, 4) is 12.3 Å². The SMILES string of the molecule is C#CCC(=O)C1CN(C(C)C)CCO1. The van der Waals surface area contributed by atoms with Crippen molar-refractivity contribution in [1.29, 1.82) is 0 Å². The highest BCUT2D eigenvalue weighted by Gasteiger charge is 2.26. The molecule has 0 amide bonds. The van der Waals surface area contributed by atoms with E-state index in [-0.39, 0.29) is 18.3 Å². The lowest BCUT2D eigenvalue weighted by Crippen LogP contribution is -2.48. The largest absolute Gasteiger partial charge is 0.368 e. The standard InChI is InChI=1S/C11H17NO2/c1-4-5-10(13)11-8-12(9(2)3)6-7-14-11/h1,9,11H,5-8H2,2-3H3. The number of hydrogen-bond donors (Lipinski definition) is 0. The van der Waals surface area contributed by atoms with E-state index in [0.29, 0.717) is 19.2 Å². The first-order chi connectivity index (χ1) is 6.65. The van der Waals surface area contributed by atoms with Gasteiger partial charge in [-0.3, -0.25) is 9.69 Å². The van der Waals surface area contributed by atoms with Gasteiger partial charge < -0.3 is 4.74 Å². The van der Waals surface area contributed by atoms with Crippen LogP contribution in [-0.2, 0) is 9.53 Å². The van der Waals surface area contributed by atoms with Crippen LogP contribution in [0.2, 0.25) is 0 Å². The molecule has 78 valence electrons. The van der Waals surface area contributed by atoms with Gasteiger partial charge in [-0.25, -0.2) is 0 Å². The number of ether oxygens (including phenoxy) is 1. The van der Waals surface area contributed by atoms with E-state index in [1.807, 2.05) is 0 Å². The molecule has 1 aliphatic heterocycles. The van der Waals surface area contributed by atoms with Crippen molar-refractivity contribution >= 4 is 5.78 Å². The van der Waals surface area contributed by atoms with Crippen molar-refractivity contribution in [2.24, 2.45) is 0 Å². The number of carbonyl (C=O) groups excluding carboxylic acids is 1. The third-order valence-corrected chi connectivity index (χ3v) is 2.46. The molecule has 3 nitrogen and oxygen atoms in total. The lowest BCUT2D eigenvalue weighted by Gasteiger charge is -2.34. The van der Waals surface area contributed by atoms with Crippen LogP contribution in [0.3, 0.4) is 0 Å². The lowest BCUT2D eigenvalue weighted by molar-refractivity contribution is -0.136. The van der Waals surface area contributed by atoms with Gasteiger partial charge in [0.25, 0.3) is 0 Å². The maximum Gasteiger partial charge on any atom is 0.174 e. The van der Waals surface area contributed by atoms with E-state index < -0.39 is 0 Å². The van der Waals surface area contributed by atoms with E-state index in [2.05, 4.69) is 24.7 Å². The summed E-state index contributed by atoms with van der Waals surface area (Å²) in [6.07, 6.45) is 4.95. The Morgan fingerprint density at radius 3 is 3.00 bits per heavy atom. The average Bonchev–Trinajstić information content (AvgIpc) is 2.18. The number of morpholine rings is 1. The molecule has 1 heterocycles. The normalized spacial score (nSPS) is 23.4. The summed E-state index contributed by atoms with van der Waals surface area (Å²) in [7, 11) is 0. The summed E-state index contributed by atoms with van der Waals surface area (Å²) < 4.78 is 5.39. The van der Waals surface area contributed by atoms with Crippen molar-refractivity contribution < 1.29 is 9.53 Å². The molecule has 1 rings (SSSR count). The minimum absolute atomic E-state index is 0.0258. The van der Waals surface area contributed by atoms with Crippen molar-refractivity contribution in [2.45, 2.75) is 32.4 Å². The predicted molar refractivity (Wildman–Crippen MR) is 54.9 cm³/mol. The first-order valence-electron chi connectivity index (χ1n) is 4.97. The molecule has 0 spiro atoms. The van der Waals surface area contributed by atoms with Gasteiger partial charge in [-0.1, -0.05) is 5.92 Å². The highest BCUT2D eigenvalue weighted by molar-refractivity contribution is 5.85. The third kappa shape index (κ3) is 2.83. The molecule has 0 aliphatic carbocycles. The van der Waals surface area contributed by atoms with Crippen LogP contribution >= 0.6 is 0 Å². The molecule has 1 saturated heterocycles. The van der Waals surface area contributed by atoms with Crippen LogP contribution in [0.4, 0.5) is 0 Å². The number of carbonyl (C=O) groups is 1. The monoisotopic (exact) mass is 195 g/mol. The fourth-order valence-electron chi connectivity index (χ4n) is 1.55. The van der Waals surface area contributed by atoms with Crippen LogP contribution in [0.5, 0.6) is 0 Å². The Hall–Kier alpha value is -0.850. The minimum Gasteiger partial charge on any atom is -0.368 e. The molecule has 14 heavy (non-hydrogen) atoms. The lowest BCUT2D eigenvalue weighted by atomic mass is 10.1. The zero-order valence-electron chi connectivity index (χ0n) is 8.82. The fraction of sp³-hybridized carbons (Fsp3) is 0.727. The third-order valence-electron chi connectivity index (χ3n) is 2.46. The summed E-state index contributed by atoms with van der Waals surface area (Å²) in [5, 5.41) is 0. The second-order valence-electron chi connectivity index (χ2n) is 3.80. The molecule has 0 aromatic rings. The average molecular weight is 195 g/mol. The highest BCUT2D eigenvalue weighted by atomic mass is 16.5. The first kappa shape index (κ1) is 11.2. The Labute approximate surface area is 85.4 Å². The Bertz CT molecular complexity index is 242.